The molecule has 1 aliphatic heterocycles. The summed E-state index contributed by atoms with van der Waals surface area (Å²) < 4.78 is 7.92. The Kier molecular flexibility index (Phi) is 4.93. The molecule has 1 aromatic carbocycles. The number of fused-ring (bicyclic) bond motifs is 1. The summed E-state index contributed by atoms with van der Waals surface area (Å²) in [6.07, 6.45) is 1.68. The molecule has 0 saturated heterocycles. The molecule has 2 aromatic rings. The van der Waals surface area contributed by atoms with E-state index in [2.05, 4.69) is 34.7 Å². The van der Waals surface area contributed by atoms with E-state index in [9.17, 15) is 5.11 Å². The summed E-state index contributed by atoms with van der Waals surface area (Å²) in [7, 11) is 0. The Bertz CT molecular complexity index is 582. The zero-order valence-corrected chi connectivity index (χ0v) is 13.1. The molecule has 0 bridgehead atoms. The van der Waals surface area contributed by atoms with E-state index in [1.165, 1.54) is 5.69 Å². The van der Waals surface area contributed by atoms with Crippen LogP contribution < -0.4 is 0 Å². The van der Waals surface area contributed by atoms with Gasteiger partial charge in [-0.1, -0.05) is 30.3 Å². The molecule has 118 valence electrons. The molecule has 0 radical (unpaired) electrons. The largest absolute Gasteiger partial charge is 0.389 e. The van der Waals surface area contributed by atoms with Gasteiger partial charge in [-0.15, -0.1) is 0 Å². The minimum Gasteiger partial charge on any atom is -0.389 e. The van der Waals surface area contributed by atoms with Crippen molar-refractivity contribution >= 4 is 0 Å². The molecule has 0 amide bonds. The minimum atomic E-state index is -0.451. The third kappa shape index (κ3) is 3.58. The summed E-state index contributed by atoms with van der Waals surface area (Å²) in [6.45, 7) is 5.74. The SMILES string of the molecule is CC1c2cccn2CCN1CC(O)COCc1ccccc1. The van der Waals surface area contributed by atoms with Gasteiger partial charge in [0.25, 0.3) is 0 Å². The van der Waals surface area contributed by atoms with E-state index in [0.717, 1.165) is 18.7 Å². The Morgan fingerprint density at radius 1 is 1.18 bits per heavy atom. The molecule has 0 fully saturated rings. The van der Waals surface area contributed by atoms with Gasteiger partial charge in [0.2, 0.25) is 0 Å². The fourth-order valence-electron chi connectivity index (χ4n) is 3.09. The monoisotopic (exact) mass is 300 g/mol. The number of aliphatic hydroxyl groups is 1. The van der Waals surface area contributed by atoms with Crippen LogP contribution in [0.1, 0.15) is 24.2 Å². The van der Waals surface area contributed by atoms with Gasteiger partial charge in [-0.2, -0.15) is 0 Å². The maximum atomic E-state index is 10.2. The molecule has 1 aromatic heterocycles. The highest BCUT2D eigenvalue weighted by Crippen LogP contribution is 2.25. The molecule has 2 heterocycles. The van der Waals surface area contributed by atoms with Crippen LogP contribution in [-0.4, -0.2) is 40.4 Å². The highest BCUT2D eigenvalue weighted by Gasteiger charge is 2.24. The van der Waals surface area contributed by atoms with Crippen LogP contribution >= 0.6 is 0 Å². The Morgan fingerprint density at radius 2 is 2.00 bits per heavy atom. The number of aromatic nitrogens is 1. The first-order chi connectivity index (χ1) is 10.7. The molecule has 22 heavy (non-hydrogen) atoms. The number of hydrogen-bond acceptors (Lipinski definition) is 3. The first kappa shape index (κ1) is 15.3. The summed E-state index contributed by atoms with van der Waals surface area (Å²) in [5.74, 6) is 0. The second-order valence-corrected chi connectivity index (χ2v) is 5.95. The first-order valence-electron chi connectivity index (χ1n) is 7.93. The van der Waals surface area contributed by atoms with E-state index in [4.69, 9.17) is 4.74 Å². The zero-order valence-electron chi connectivity index (χ0n) is 13.1. The summed E-state index contributed by atoms with van der Waals surface area (Å²) in [4.78, 5) is 2.33. The fraction of sp³-hybridized carbons (Fsp3) is 0.444. The lowest BCUT2D eigenvalue weighted by molar-refractivity contribution is -0.000819. The predicted molar refractivity (Wildman–Crippen MR) is 86.5 cm³/mol. The fourth-order valence-corrected chi connectivity index (χ4v) is 3.09. The number of ether oxygens (including phenoxy) is 1. The maximum Gasteiger partial charge on any atom is 0.0900 e. The quantitative estimate of drug-likeness (QED) is 0.890. The maximum absolute atomic E-state index is 10.2. The summed E-state index contributed by atoms with van der Waals surface area (Å²) in [5.41, 5.74) is 2.46. The first-order valence-corrected chi connectivity index (χ1v) is 7.93. The smallest absolute Gasteiger partial charge is 0.0900 e. The third-order valence-electron chi connectivity index (χ3n) is 4.34. The number of aliphatic hydroxyl groups excluding tert-OH is 1. The van der Waals surface area contributed by atoms with Crippen LogP contribution in [0.3, 0.4) is 0 Å². The van der Waals surface area contributed by atoms with Gasteiger partial charge in [-0.3, -0.25) is 4.90 Å². The van der Waals surface area contributed by atoms with Gasteiger partial charge in [0.15, 0.2) is 0 Å². The van der Waals surface area contributed by atoms with Crippen LogP contribution in [0, 0.1) is 0 Å². The summed E-state index contributed by atoms with van der Waals surface area (Å²) >= 11 is 0. The highest BCUT2D eigenvalue weighted by molar-refractivity contribution is 5.14. The van der Waals surface area contributed by atoms with Gasteiger partial charge in [-0.25, -0.2) is 0 Å². The molecule has 0 saturated carbocycles. The average molecular weight is 300 g/mol. The number of rotatable bonds is 6. The van der Waals surface area contributed by atoms with Crippen LogP contribution in [-0.2, 0) is 17.9 Å². The summed E-state index contributed by atoms with van der Waals surface area (Å²) in [6, 6.07) is 14.7. The van der Waals surface area contributed by atoms with Crippen molar-refractivity contribution in [1.82, 2.24) is 9.47 Å². The van der Waals surface area contributed by atoms with Crippen LogP contribution in [0.25, 0.3) is 0 Å². The molecule has 4 heteroatoms. The normalized spacial score (nSPS) is 19.8. The lowest BCUT2D eigenvalue weighted by Gasteiger charge is -2.36. The second-order valence-electron chi connectivity index (χ2n) is 5.95. The van der Waals surface area contributed by atoms with Crippen LogP contribution in [0.15, 0.2) is 48.7 Å². The van der Waals surface area contributed by atoms with Crippen molar-refractivity contribution in [2.24, 2.45) is 0 Å². The lowest BCUT2D eigenvalue weighted by Crippen LogP contribution is -2.42. The van der Waals surface area contributed by atoms with Crippen molar-refractivity contribution in [3.8, 4) is 0 Å². The average Bonchev–Trinajstić information content (AvgIpc) is 3.01. The lowest BCUT2D eigenvalue weighted by atomic mass is 10.1. The van der Waals surface area contributed by atoms with Crippen molar-refractivity contribution in [1.29, 1.82) is 0 Å². The van der Waals surface area contributed by atoms with Gasteiger partial charge in [0, 0.05) is 37.6 Å². The third-order valence-corrected chi connectivity index (χ3v) is 4.34. The van der Waals surface area contributed by atoms with Gasteiger partial charge in [0.1, 0.15) is 0 Å². The van der Waals surface area contributed by atoms with Crippen molar-refractivity contribution in [2.45, 2.75) is 32.2 Å². The van der Waals surface area contributed by atoms with Crippen LogP contribution in [0.4, 0.5) is 0 Å². The van der Waals surface area contributed by atoms with Crippen LogP contribution in [0.2, 0.25) is 0 Å². The molecular formula is C18H24N2O2. The Balaban J connectivity index is 1.45. The molecule has 0 spiro atoms. The van der Waals surface area contributed by atoms with E-state index in [-0.39, 0.29) is 0 Å². The zero-order chi connectivity index (χ0) is 15.4. The molecule has 4 nitrogen and oxygen atoms in total. The molecule has 0 aliphatic carbocycles. The van der Waals surface area contributed by atoms with E-state index in [1.54, 1.807) is 0 Å². The van der Waals surface area contributed by atoms with Crippen molar-refractivity contribution in [3.63, 3.8) is 0 Å². The van der Waals surface area contributed by atoms with Gasteiger partial charge in [-0.05, 0) is 24.6 Å². The highest BCUT2D eigenvalue weighted by atomic mass is 16.5. The molecule has 2 unspecified atom stereocenters. The van der Waals surface area contributed by atoms with Crippen LogP contribution in [0.5, 0.6) is 0 Å². The Hall–Kier alpha value is -1.62. The summed E-state index contributed by atoms with van der Waals surface area (Å²) in [5, 5.41) is 10.2. The molecule has 1 aliphatic rings. The molecule has 3 rings (SSSR count). The standard InChI is InChI=1S/C18H24N2O2/c1-15-18-8-5-9-19(18)10-11-20(15)12-17(21)14-22-13-16-6-3-2-4-7-16/h2-9,15,17,21H,10-14H2,1H3. The van der Waals surface area contributed by atoms with E-state index < -0.39 is 6.10 Å². The predicted octanol–water partition coefficient (Wildman–Crippen LogP) is 2.44. The van der Waals surface area contributed by atoms with E-state index in [1.807, 2.05) is 30.3 Å². The number of nitrogens with zero attached hydrogens (tertiary/aromatic N) is 2. The van der Waals surface area contributed by atoms with Crippen molar-refractivity contribution < 1.29 is 9.84 Å². The second kappa shape index (κ2) is 7.09. The molecule has 2 atom stereocenters. The van der Waals surface area contributed by atoms with E-state index >= 15 is 0 Å². The number of benzene rings is 1. The van der Waals surface area contributed by atoms with Gasteiger partial charge in [0.05, 0.1) is 19.3 Å². The number of hydrogen-bond donors (Lipinski definition) is 1. The van der Waals surface area contributed by atoms with Gasteiger partial charge >= 0.3 is 0 Å². The Morgan fingerprint density at radius 3 is 2.82 bits per heavy atom. The van der Waals surface area contributed by atoms with Gasteiger partial charge < -0.3 is 14.4 Å². The van der Waals surface area contributed by atoms with Crippen molar-refractivity contribution in [2.75, 3.05) is 19.7 Å². The minimum absolute atomic E-state index is 0.340. The molecule has 1 N–H and O–H groups in total. The van der Waals surface area contributed by atoms with E-state index in [0.29, 0.717) is 25.8 Å². The van der Waals surface area contributed by atoms with Crippen molar-refractivity contribution in [3.05, 3.63) is 59.9 Å². The number of β-amino-alcohol motifs (C(OH)–C–C–N with tert-alkyl or cyclic N) is 1. The topological polar surface area (TPSA) is 37.6 Å². The molecular weight excluding hydrogens is 276 g/mol. The Labute approximate surface area is 131 Å².